The number of hydrogen-bond acceptors (Lipinski definition) is 1. The summed E-state index contributed by atoms with van der Waals surface area (Å²) in [6, 6.07) is 51.0. The van der Waals surface area contributed by atoms with E-state index in [2.05, 4.69) is 140 Å². The Hall–Kier alpha value is -4.69. The minimum atomic E-state index is 0.0636. The lowest BCUT2D eigenvalue weighted by Crippen LogP contribution is -2.04. The van der Waals surface area contributed by atoms with E-state index in [1.165, 1.54) is 27.8 Å². The van der Waals surface area contributed by atoms with E-state index in [4.69, 9.17) is 5.10 Å². The Balaban J connectivity index is 1.53. The summed E-state index contributed by atoms with van der Waals surface area (Å²) in [5, 5.41) is 5.14. The lowest BCUT2D eigenvalue weighted by atomic mass is 9.84. The Morgan fingerprint density at radius 3 is 1.44 bits per heavy atom. The summed E-state index contributed by atoms with van der Waals surface area (Å²) in [5.41, 5.74) is 9.25. The van der Waals surface area contributed by atoms with Crippen LogP contribution in [0.5, 0.6) is 0 Å². The van der Waals surface area contributed by atoms with Crippen LogP contribution in [0.4, 0.5) is 0 Å². The van der Waals surface area contributed by atoms with E-state index in [1.54, 1.807) is 0 Å². The smallest absolute Gasteiger partial charge is 0.0969 e. The van der Waals surface area contributed by atoms with Crippen LogP contribution < -0.4 is 0 Å². The molecule has 0 aliphatic heterocycles. The maximum Gasteiger partial charge on any atom is 0.0969 e. The third-order valence-corrected chi connectivity index (χ3v) is 6.61. The van der Waals surface area contributed by atoms with Crippen molar-refractivity contribution in [1.29, 1.82) is 0 Å². The maximum atomic E-state index is 5.14. The molecule has 0 saturated carbocycles. The molecular weight excluding hydrogens is 436 g/mol. The van der Waals surface area contributed by atoms with Gasteiger partial charge in [0.1, 0.15) is 0 Å². The van der Waals surface area contributed by atoms with Gasteiger partial charge in [-0.1, -0.05) is 133 Å². The van der Waals surface area contributed by atoms with Gasteiger partial charge in [-0.2, -0.15) is 5.10 Å². The molecule has 2 nitrogen and oxygen atoms in total. The Kier molecular flexibility index (Phi) is 5.99. The van der Waals surface area contributed by atoms with E-state index in [-0.39, 0.29) is 5.92 Å². The summed E-state index contributed by atoms with van der Waals surface area (Å²) in [4.78, 5) is 0. The Labute approximate surface area is 212 Å². The highest BCUT2D eigenvalue weighted by Gasteiger charge is 2.24. The second kappa shape index (κ2) is 9.89. The lowest BCUT2D eigenvalue weighted by Gasteiger charge is -2.18. The Morgan fingerprint density at radius 2 is 0.889 bits per heavy atom. The van der Waals surface area contributed by atoms with E-state index in [0.717, 1.165) is 16.9 Å². The van der Waals surface area contributed by atoms with Crippen LogP contribution in [0, 0.1) is 0 Å². The molecule has 0 atom stereocenters. The first-order chi connectivity index (χ1) is 17.9. The number of nitrogens with zero attached hydrogens (tertiary/aromatic N) is 2. The van der Waals surface area contributed by atoms with E-state index in [0.29, 0.717) is 0 Å². The Bertz CT molecular complexity index is 1500. The number of hydrogen-bond donors (Lipinski definition) is 0. The van der Waals surface area contributed by atoms with Gasteiger partial charge < -0.3 is 0 Å². The van der Waals surface area contributed by atoms with Crippen LogP contribution in [0.3, 0.4) is 0 Å². The second-order valence-corrected chi connectivity index (χ2v) is 8.91. The van der Waals surface area contributed by atoms with Gasteiger partial charge in [-0.3, -0.25) is 0 Å². The van der Waals surface area contributed by atoms with Crippen LogP contribution in [0.15, 0.2) is 152 Å². The molecule has 36 heavy (non-hydrogen) atoms. The topological polar surface area (TPSA) is 17.8 Å². The molecule has 0 spiro atoms. The van der Waals surface area contributed by atoms with Gasteiger partial charge in [-0.15, -0.1) is 0 Å². The van der Waals surface area contributed by atoms with Gasteiger partial charge in [-0.05, 0) is 34.4 Å². The predicted octanol–water partition coefficient (Wildman–Crippen LogP) is 8.39. The van der Waals surface area contributed by atoms with Gasteiger partial charge in [-0.25, -0.2) is 4.68 Å². The Morgan fingerprint density at radius 1 is 0.444 bits per heavy atom. The van der Waals surface area contributed by atoms with Gasteiger partial charge in [0.2, 0.25) is 0 Å². The van der Waals surface area contributed by atoms with E-state index in [9.17, 15) is 0 Å². The molecule has 172 valence electrons. The van der Waals surface area contributed by atoms with E-state index < -0.39 is 0 Å². The molecule has 5 aromatic carbocycles. The largest absolute Gasteiger partial charge is 0.240 e. The van der Waals surface area contributed by atoms with Gasteiger partial charge in [0.05, 0.1) is 11.4 Å². The lowest BCUT2D eigenvalue weighted by molar-refractivity contribution is 0.881. The van der Waals surface area contributed by atoms with Crippen molar-refractivity contribution in [3.8, 4) is 28.1 Å². The van der Waals surface area contributed by atoms with Crippen LogP contribution in [-0.4, -0.2) is 9.78 Å². The zero-order valence-corrected chi connectivity index (χ0v) is 19.9. The third kappa shape index (κ3) is 4.37. The highest BCUT2D eigenvalue weighted by atomic mass is 15.3. The molecule has 0 aliphatic rings. The predicted molar refractivity (Wildman–Crippen MR) is 148 cm³/mol. The van der Waals surface area contributed by atoms with E-state index >= 15 is 0 Å². The summed E-state index contributed by atoms with van der Waals surface area (Å²) in [5.74, 6) is 0.0636. The van der Waals surface area contributed by atoms with Crippen LogP contribution in [-0.2, 0) is 0 Å². The van der Waals surface area contributed by atoms with Crippen molar-refractivity contribution < 1.29 is 0 Å². The van der Waals surface area contributed by atoms with Crippen molar-refractivity contribution in [1.82, 2.24) is 9.78 Å². The fourth-order valence-corrected chi connectivity index (χ4v) is 4.83. The quantitative estimate of drug-likeness (QED) is 0.243. The average Bonchev–Trinajstić information content (AvgIpc) is 3.40. The summed E-state index contributed by atoms with van der Waals surface area (Å²) in [7, 11) is 0. The average molecular weight is 463 g/mol. The molecule has 0 N–H and O–H groups in total. The molecular formula is C34H26N2. The summed E-state index contributed by atoms with van der Waals surface area (Å²) >= 11 is 0. The van der Waals surface area contributed by atoms with Crippen molar-refractivity contribution in [3.63, 3.8) is 0 Å². The second-order valence-electron chi connectivity index (χ2n) is 8.91. The molecule has 6 aromatic rings. The van der Waals surface area contributed by atoms with Crippen LogP contribution >= 0.6 is 0 Å². The molecule has 0 unspecified atom stereocenters. The van der Waals surface area contributed by atoms with Crippen molar-refractivity contribution in [2.75, 3.05) is 0 Å². The van der Waals surface area contributed by atoms with Gasteiger partial charge in [0.15, 0.2) is 0 Å². The summed E-state index contributed by atoms with van der Waals surface area (Å²) in [6.07, 6.45) is 2.19. The fraction of sp³-hybridized carbons (Fsp3) is 0.0294. The van der Waals surface area contributed by atoms with Crippen LogP contribution in [0.1, 0.15) is 22.6 Å². The zero-order chi connectivity index (χ0) is 24.2. The normalized spacial score (nSPS) is 11.0. The first-order valence-electron chi connectivity index (χ1n) is 12.3. The molecule has 1 aromatic heterocycles. The minimum Gasteiger partial charge on any atom is -0.240 e. The van der Waals surface area contributed by atoms with Gasteiger partial charge in [0.25, 0.3) is 0 Å². The molecule has 0 fully saturated rings. The number of rotatable bonds is 6. The van der Waals surface area contributed by atoms with Crippen molar-refractivity contribution >= 4 is 0 Å². The summed E-state index contributed by atoms with van der Waals surface area (Å²) < 4.78 is 2.01. The molecule has 0 radical (unpaired) electrons. The summed E-state index contributed by atoms with van der Waals surface area (Å²) in [6.45, 7) is 0. The molecule has 0 aliphatic carbocycles. The highest BCUT2D eigenvalue weighted by Crippen LogP contribution is 2.38. The monoisotopic (exact) mass is 462 g/mol. The molecule has 6 rings (SSSR count). The number of benzene rings is 5. The minimum absolute atomic E-state index is 0.0636. The molecule has 0 saturated heterocycles. The van der Waals surface area contributed by atoms with E-state index in [1.807, 2.05) is 16.8 Å². The number of para-hydroxylation sites is 1. The van der Waals surface area contributed by atoms with Crippen molar-refractivity contribution in [2.45, 2.75) is 5.92 Å². The molecule has 0 amide bonds. The van der Waals surface area contributed by atoms with Crippen LogP contribution in [0.25, 0.3) is 28.1 Å². The maximum absolute atomic E-state index is 5.14. The third-order valence-electron chi connectivity index (χ3n) is 6.61. The fourth-order valence-electron chi connectivity index (χ4n) is 4.83. The highest BCUT2D eigenvalue weighted by molar-refractivity contribution is 5.71. The zero-order valence-electron chi connectivity index (χ0n) is 19.9. The van der Waals surface area contributed by atoms with Gasteiger partial charge >= 0.3 is 0 Å². The van der Waals surface area contributed by atoms with Crippen molar-refractivity contribution in [2.24, 2.45) is 0 Å². The van der Waals surface area contributed by atoms with Crippen LogP contribution in [0.2, 0.25) is 0 Å². The SMILES string of the molecule is c1ccc(-c2ccc(-c3nn(-c4ccccc4)cc3C(c3ccccc3)c3ccccc3)cc2)cc1. The number of aromatic nitrogens is 2. The van der Waals surface area contributed by atoms with Gasteiger partial charge in [0, 0.05) is 23.2 Å². The molecule has 2 heteroatoms. The molecule has 0 bridgehead atoms. The first kappa shape index (κ1) is 21.8. The first-order valence-corrected chi connectivity index (χ1v) is 12.3. The standard InChI is InChI=1S/C34H26N2/c1-5-13-26(14-6-1)27-21-23-30(24-22-27)34-32(25-36(35-34)31-19-11-4-12-20-31)33(28-15-7-2-8-16-28)29-17-9-3-10-18-29/h1-25,33H. The van der Waals surface area contributed by atoms with Crippen molar-refractivity contribution in [3.05, 3.63) is 168 Å². The molecule has 1 heterocycles.